The molecule has 1 rings (SSSR count). The first kappa shape index (κ1) is 15.9. The van der Waals surface area contributed by atoms with Crippen molar-refractivity contribution in [3.63, 3.8) is 0 Å². The fourth-order valence-electron chi connectivity index (χ4n) is 2.25. The molecule has 5 heteroatoms. The molecule has 0 aromatic heterocycles. The van der Waals surface area contributed by atoms with E-state index in [2.05, 4.69) is 24.1 Å². The Balaban J connectivity index is 2.04. The van der Waals surface area contributed by atoms with E-state index in [1.807, 2.05) is 0 Å². The number of unbranched alkanes of at least 4 members (excludes halogenated alkanes) is 2. The summed E-state index contributed by atoms with van der Waals surface area (Å²) in [5, 5.41) is 3.52. The molecule has 0 aliphatic carbocycles. The van der Waals surface area contributed by atoms with Crippen molar-refractivity contribution >= 4 is 9.84 Å². The third kappa shape index (κ3) is 6.71. The summed E-state index contributed by atoms with van der Waals surface area (Å²) in [5.41, 5.74) is 0. The summed E-state index contributed by atoms with van der Waals surface area (Å²) in [6, 6.07) is 0.574. The Hall–Kier alpha value is -0.130. The summed E-state index contributed by atoms with van der Waals surface area (Å²) < 4.78 is 22.6. The predicted molar refractivity (Wildman–Crippen MR) is 76.7 cm³/mol. The highest BCUT2D eigenvalue weighted by Gasteiger charge is 2.20. The number of sulfone groups is 1. The van der Waals surface area contributed by atoms with Crippen LogP contribution >= 0.6 is 0 Å². The number of hydrogen-bond donors (Lipinski definition) is 1. The molecule has 0 saturated carbocycles. The second kappa shape index (κ2) is 8.12. The normalized spacial score (nSPS) is 21.9. The maximum absolute atomic E-state index is 11.3. The van der Waals surface area contributed by atoms with E-state index in [1.54, 1.807) is 0 Å². The van der Waals surface area contributed by atoms with E-state index in [1.165, 1.54) is 25.7 Å². The highest BCUT2D eigenvalue weighted by Crippen LogP contribution is 2.04. The van der Waals surface area contributed by atoms with Gasteiger partial charge in [0.15, 0.2) is 9.84 Å². The van der Waals surface area contributed by atoms with Crippen LogP contribution in [0.2, 0.25) is 0 Å². The lowest BCUT2D eigenvalue weighted by Gasteiger charge is -2.27. The fraction of sp³-hybridized carbons (Fsp3) is 1.00. The Morgan fingerprint density at radius 2 is 1.89 bits per heavy atom. The minimum absolute atomic E-state index is 0.332. The summed E-state index contributed by atoms with van der Waals surface area (Å²) in [5.74, 6) is 0.665. The molecular weight excluding hydrogens is 248 g/mol. The number of rotatable bonds is 8. The third-order valence-corrected chi connectivity index (χ3v) is 5.21. The van der Waals surface area contributed by atoms with Gasteiger partial charge in [0.1, 0.15) is 0 Å². The van der Waals surface area contributed by atoms with Gasteiger partial charge in [-0.1, -0.05) is 26.2 Å². The molecule has 1 aliphatic heterocycles. The van der Waals surface area contributed by atoms with Gasteiger partial charge in [-0.3, -0.25) is 0 Å². The van der Waals surface area contributed by atoms with Crippen LogP contribution < -0.4 is 5.32 Å². The number of hydrogen-bond acceptors (Lipinski definition) is 4. The summed E-state index contributed by atoms with van der Waals surface area (Å²) >= 11 is 0. The molecule has 0 spiro atoms. The second-order valence-corrected chi connectivity index (χ2v) is 7.65. The molecule has 0 amide bonds. The zero-order chi connectivity index (χ0) is 13.4. The molecule has 1 fully saturated rings. The summed E-state index contributed by atoms with van der Waals surface area (Å²) in [7, 11) is -2.73. The lowest BCUT2D eigenvalue weighted by molar-refractivity contribution is 0.288. The summed E-state index contributed by atoms with van der Waals surface area (Å²) in [4.78, 5) is 2.24. The molecule has 18 heavy (non-hydrogen) atoms. The van der Waals surface area contributed by atoms with Crippen LogP contribution in [0.5, 0.6) is 0 Å². The molecule has 1 aliphatic rings. The van der Waals surface area contributed by atoms with Crippen molar-refractivity contribution in [1.82, 2.24) is 10.2 Å². The monoisotopic (exact) mass is 276 g/mol. The molecule has 1 heterocycles. The van der Waals surface area contributed by atoms with Gasteiger partial charge in [-0.15, -0.1) is 0 Å². The SMILES string of the molecule is CCCCCC(C)NCCN1CCS(=O)(=O)CC1. The van der Waals surface area contributed by atoms with Gasteiger partial charge in [0.2, 0.25) is 0 Å². The van der Waals surface area contributed by atoms with E-state index in [0.29, 0.717) is 30.6 Å². The summed E-state index contributed by atoms with van der Waals surface area (Å²) in [6.07, 6.45) is 5.12. The Bertz CT molecular complexity index is 303. The van der Waals surface area contributed by atoms with Crippen LogP contribution in [0, 0.1) is 0 Å². The number of nitrogens with one attached hydrogen (secondary N) is 1. The first-order valence-electron chi connectivity index (χ1n) is 7.19. The van der Waals surface area contributed by atoms with Crippen LogP contribution in [0.15, 0.2) is 0 Å². The van der Waals surface area contributed by atoms with Crippen molar-refractivity contribution in [3.05, 3.63) is 0 Å². The molecule has 0 bridgehead atoms. The van der Waals surface area contributed by atoms with E-state index in [4.69, 9.17) is 0 Å². The second-order valence-electron chi connectivity index (χ2n) is 5.34. The van der Waals surface area contributed by atoms with Crippen LogP contribution in [0.4, 0.5) is 0 Å². The van der Waals surface area contributed by atoms with Gasteiger partial charge < -0.3 is 10.2 Å². The van der Waals surface area contributed by atoms with Gasteiger partial charge in [0.05, 0.1) is 11.5 Å². The van der Waals surface area contributed by atoms with E-state index >= 15 is 0 Å². The molecule has 0 aromatic rings. The first-order valence-corrected chi connectivity index (χ1v) is 9.02. The maximum Gasteiger partial charge on any atom is 0.152 e. The molecule has 1 atom stereocenters. The van der Waals surface area contributed by atoms with Gasteiger partial charge in [-0.05, 0) is 13.3 Å². The Labute approximate surface area is 112 Å². The van der Waals surface area contributed by atoms with Crippen LogP contribution in [-0.2, 0) is 9.84 Å². The van der Waals surface area contributed by atoms with Crippen molar-refractivity contribution in [2.45, 2.75) is 45.6 Å². The summed E-state index contributed by atoms with van der Waals surface area (Å²) in [6.45, 7) is 7.79. The predicted octanol–water partition coefficient (Wildman–Crippen LogP) is 1.28. The van der Waals surface area contributed by atoms with Crippen molar-refractivity contribution in [1.29, 1.82) is 0 Å². The minimum Gasteiger partial charge on any atom is -0.313 e. The van der Waals surface area contributed by atoms with Gasteiger partial charge in [0, 0.05) is 32.2 Å². The maximum atomic E-state index is 11.3. The quantitative estimate of drug-likeness (QED) is 0.678. The Morgan fingerprint density at radius 3 is 2.50 bits per heavy atom. The van der Waals surface area contributed by atoms with Crippen LogP contribution in [0.25, 0.3) is 0 Å². The highest BCUT2D eigenvalue weighted by atomic mass is 32.2. The van der Waals surface area contributed by atoms with Gasteiger partial charge in [0.25, 0.3) is 0 Å². The van der Waals surface area contributed by atoms with Crippen molar-refractivity contribution in [3.8, 4) is 0 Å². The van der Waals surface area contributed by atoms with Crippen LogP contribution in [0.1, 0.15) is 39.5 Å². The van der Waals surface area contributed by atoms with Gasteiger partial charge >= 0.3 is 0 Å². The standard InChI is InChI=1S/C13H28N2O2S/c1-3-4-5-6-13(2)14-7-8-15-9-11-18(16,17)12-10-15/h13-14H,3-12H2,1-2H3. The largest absolute Gasteiger partial charge is 0.313 e. The molecular formula is C13H28N2O2S. The molecule has 0 radical (unpaired) electrons. The minimum atomic E-state index is -2.73. The lowest BCUT2D eigenvalue weighted by atomic mass is 10.1. The van der Waals surface area contributed by atoms with E-state index in [9.17, 15) is 8.42 Å². The molecule has 1 N–H and O–H groups in total. The van der Waals surface area contributed by atoms with Crippen LogP contribution in [0.3, 0.4) is 0 Å². The van der Waals surface area contributed by atoms with Gasteiger partial charge in [-0.25, -0.2) is 8.42 Å². The lowest BCUT2D eigenvalue weighted by Crippen LogP contribution is -2.44. The number of nitrogens with zero attached hydrogens (tertiary/aromatic N) is 1. The first-order chi connectivity index (χ1) is 8.53. The molecule has 1 unspecified atom stereocenters. The molecule has 108 valence electrons. The highest BCUT2D eigenvalue weighted by molar-refractivity contribution is 7.91. The van der Waals surface area contributed by atoms with E-state index < -0.39 is 9.84 Å². The molecule has 0 aromatic carbocycles. The van der Waals surface area contributed by atoms with Crippen LogP contribution in [-0.4, -0.2) is 57.0 Å². The zero-order valence-corrected chi connectivity index (χ0v) is 12.6. The average molecular weight is 276 g/mol. The third-order valence-electron chi connectivity index (χ3n) is 3.60. The molecule has 4 nitrogen and oxygen atoms in total. The van der Waals surface area contributed by atoms with Crippen molar-refractivity contribution in [2.75, 3.05) is 37.7 Å². The van der Waals surface area contributed by atoms with Crippen molar-refractivity contribution in [2.24, 2.45) is 0 Å². The van der Waals surface area contributed by atoms with E-state index in [0.717, 1.165) is 13.1 Å². The smallest absolute Gasteiger partial charge is 0.152 e. The Kier molecular flexibility index (Phi) is 7.19. The molecule has 1 saturated heterocycles. The van der Waals surface area contributed by atoms with Gasteiger partial charge in [-0.2, -0.15) is 0 Å². The topological polar surface area (TPSA) is 49.4 Å². The Morgan fingerprint density at radius 1 is 1.22 bits per heavy atom. The zero-order valence-electron chi connectivity index (χ0n) is 11.8. The fourth-order valence-corrected chi connectivity index (χ4v) is 3.52. The average Bonchev–Trinajstić information content (AvgIpc) is 2.32. The van der Waals surface area contributed by atoms with Crippen molar-refractivity contribution < 1.29 is 8.42 Å². The van der Waals surface area contributed by atoms with E-state index in [-0.39, 0.29) is 0 Å².